The molecular weight excluding hydrogens is 456 g/mol. The molecule has 34 heavy (non-hydrogen) atoms. The molecule has 1 fully saturated rings. The first-order valence-corrected chi connectivity index (χ1v) is 11.8. The Bertz CT molecular complexity index is 1060. The van der Waals surface area contributed by atoms with E-state index in [2.05, 4.69) is 27.1 Å². The predicted octanol–water partition coefficient (Wildman–Crippen LogP) is 4.37. The minimum atomic E-state index is -0.585. The number of ether oxygens (including phenoxy) is 3. The van der Waals surface area contributed by atoms with Crippen LogP contribution in [-0.4, -0.2) is 44.8 Å². The molecule has 0 bridgehead atoms. The number of H-pyrrole nitrogens is 1. The fraction of sp³-hybridized carbons (Fsp3) is 0.292. The molecule has 2 aromatic carbocycles. The van der Waals surface area contributed by atoms with Crippen molar-refractivity contribution >= 4 is 23.5 Å². The summed E-state index contributed by atoms with van der Waals surface area (Å²) in [4.78, 5) is 15.9. The average molecular weight is 483 g/mol. The molecular formula is C24H26N4O5S. The van der Waals surface area contributed by atoms with Gasteiger partial charge in [-0.2, -0.15) is 5.10 Å². The second kappa shape index (κ2) is 11.8. The molecule has 3 N–H and O–H groups in total. The lowest BCUT2D eigenvalue weighted by Gasteiger charge is -2.36. The number of hydrogen-bond donors (Lipinski definition) is 3. The Labute approximate surface area is 201 Å². The van der Waals surface area contributed by atoms with Crippen LogP contribution in [-0.2, 0) is 20.8 Å². The number of aromatic nitrogens is 3. The van der Waals surface area contributed by atoms with Crippen molar-refractivity contribution in [2.24, 2.45) is 0 Å². The number of carbonyl (C=O) groups excluding carboxylic acids is 1. The largest absolute Gasteiger partial charge is 0.445 e. The third kappa shape index (κ3) is 6.45. The number of aliphatic hydroxyl groups is 1. The van der Waals surface area contributed by atoms with Gasteiger partial charge in [-0.25, -0.2) is 9.78 Å². The van der Waals surface area contributed by atoms with Gasteiger partial charge in [-0.05, 0) is 23.3 Å². The number of rotatable bonds is 9. The van der Waals surface area contributed by atoms with Crippen LogP contribution in [0.5, 0.6) is 0 Å². The number of amides is 1. The number of aliphatic hydroxyl groups excluding tert-OH is 1. The first kappa shape index (κ1) is 24.0. The highest BCUT2D eigenvalue weighted by Gasteiger charge is 2.32. The normalized spacial score (nSPS) is 20.0. The van der Waals surface area contributed by atoms with Crippen molar-refractivity contribution in [2.75, 3.05) is 17.7 Å². The third-order valence-electron chi connectivity index (χ3n) is 5.18. The Morgan fingerprint density at radius 2 is 1.97 bits per heavy atom. The van der Waals surface area contributed by atoms with Crippen LogP contribution < -0.4 is 5.32 Å². The van der Waals surface area contributed by atoms with Gasteiger partial charge >= 0.3 is 6.09 Å². The smallest absolute Gasteiger partial charge is 0.411 e. The summed E-state index contributed by atoms with van der Waals surface area (Å²) in [5, 5.41) is 19.5. The summed E-state index contributed by atoms with van der Waals surface area (Å²) < 4.78 is 17.5. The van der Waals surface area contributed by atoms with Gasteiger partial charge in [-0.1, -0.05) is 60.8 Å². The first-order valence-electron chi connectivity index (χ1n) is 10.8. The highest BCUT2D eigenvalue weighted by Crippen LogP contribution is 2.39. The van der Waals surface area contributed by atoms with E-state index in [4.69, 9.17) is 14.2 Å². The molecule has 3 aromatic rings. The zero-order valence-corrected chi connectivity index (χ0v) is 19.2. The van der Waals surface area contributed by atoms with Gasteiger partial charge in [0.25, 0.3) is 0 Å². The van der Waals surface area contributed by atoms with Gasteiger partial charge in [-0.15, -0.1) is 0 Å². The van der Waals surface area contributed by atoms with E-state index in [0.717, 1.165) is 21.8 Å². The molecule has 0 unspecified atom stereocenters. The highest BCUT2D eigenvalue weighted by atomic mass is 32.2. The Kier molecular flexibility index (Phi) is 8.31. The lowest BCUT2D eigenvalue weighted by molar-refractivity contribution is -0.245. The molecule has 1 saturated heterocycles. The molecule has 9 nitrogen and oxygen atoms in total. The Morgan fingerprint density at radius 1 is 1.21 bits per heavy atom. The molecule has 1 aliphatic rings. The number of aromatic amines is 1. The summed E-state index contributed by atoms with van der Waals surface area (Å²) in [6, 6.07) is 15.0. The fourth-order valence-electron chi connectivity index (χ4n) is 3.47. The van der Waals surface area contributed by atoms with Crippen LogP contribution in [0.2, 0.25) is 0 Å². The van der Waals surface area contributed by atoms with Crippen LogP contribution in [0.4, 0.5) is 10.5 Å². The minimum absolute atomic E-state index is 0.00446. The second-order valence-corrected chi connectivity index (χ2v) is 8.59. The van der Waals surface area contributed by atoms with Crippen LogP contribution in [0, 0.1) is 0 Å². The molecule has 178 valence electrons. The number of nitrogens with zero attached hydrogens (tertiary/aromatic N) is 2. The van der Waals surface area contributed by atoms with Gasteiger partial charge in [-0.3, -0.25) is 10.4 Å². The van der Waals surface area contributed by atoms with E-state index < -0.39 is 12.4 Å². The zero-order valence-electron chi connectivity index (χ0n) is 18.4. The molecule has 0 radical (unpaired) electrons. The van der Waals surface area contributed by atoms with Crippen molar-refractivity contribution in [2.45, 2.75) is 36.7 Å². The topological polar surface area (TPSA) is 119 Å². The Morgan fingerprint density at radius 3 is 2.65 bits per heavy atom. The number of carbonyl (C=O) groups is 1. The molecule has 0 aliphatic carbocycles. The van der Waals surface area contributed by atoms with E-state index in [-0.39, 0.29) is 25.4 Å². The van der Waals surface area contributed by atoms with E-state index in [1.807, 2.05) is 36.4 Å². The number of benzene rings is 2. The molecule has 0 spiro atoms. The van der Waals surface area contributed by atoms with Crippen LogP contribution in [0.25, 0.3) is 0 Å². The lowest BCUT2D eigenvalue weighted by Crippen LogP contribution is -2.31. The highest BCUT2D eigenvalue weighted by molar-refractivity contribution is 7.99. The van der Waals surface area contributed by atoms with Gasteiger partial charge in [0, 0.05) is 23.4 Å². The van der Waals surface area contributed by atoms with Crippen LogP contribution in [0.1, 0.15) is 35.5 Å². The molecule has 0 saturated carbocycles. The van der Waals surface area contributed by atoms with Crippen LogP contribution >= 0.6 is 11.8 Å². The van der Waals surface area contributed by atoms with E-state index in [1.165, 1.54) is 24.2 Å². The first-order chi connectivity index (χ1) is 16.6. The van der Waals surface area contributed by atoms with Crippen molar-refractivity contribution < 1.29 is 24.1 Å². The second-order valence-electron chi connectivity index (χ2n) is 7.59. The quantitative estimate of drug-likeness (QED) is 0.304. The van der Waals surface area contributed by atoms with Crippen molar-refractivity contribution in [1.82, 2.24) is 15.2 Å². The van der Waals surface area contributed by atoms with Crippen molar-refractivity contribution in [3.63, 3.8) is 0 Å². The molecule has 4 rings (SSSR count). The van der Waals surface area contributed by atoms with Crippen molar-refractivity contribution in [1.29, 1.82) is 0 Å². The summed E-state index contributed by atoms with van der Waals surface area (Å²) in [6.45, 7) is 3.66. The molecule has 10 heteroatoms. The monoisotopic (exact) mass is 482 g/mol. The number of anilines is 1. The van der Waals surface area contributed by atoms with E-state index in [1.54, 1.807) is 12.1 Å². The van der Waals surface area contributed by atoms with E-state index in [0.29, 0.717) is 17.9 Å². The maximum atomic E-state index is 11.8. The summed E-state index contributed by atoms with van der Waals surface area (Å²) in [6.07, 6.45) is 2.24. The lowest BCUT2D eigenvalue weighted by atomic mass is 10.0. The van der Waals surface area contributed by atoms with Crippen molar-refractivity contribution in [3.05, 3.63) is 84.2 Å². The number of thioether (sulfide) groups is 1. The third-order valence-corrected chi connectivity index (χ3v) is 6.18. The average Bonchev–Trinajstić information content (AvgIpc) is 3.40. The van der Waals surface area contributed by atoms with Crippen LogP contribution in [0.15, 0.2) is 72.7 Å². The van der Waals surface area contributed by atoms with Gasteiger partial charge < -0.3 is 19.3 Å². The van der Waals surface area contributed by atoms with Crippen LogP contribution in [0.3, 0.4) is 0 Å². The van der Waals surface area contributed by atoms with E-state index >= 15 is 0 Å². The maximum Gasteiger partial charge on any atom is 0.411 e. The van der Waals surface area contributed by atoms with Gasteiger partial charge in [0.2, 0.25) is 0 Å². The summed E-state index contributed by atoms with van der Waals surface area (Å²) >= 11 is 1.54. The van der Waals surface area contributed by atoms with Crippen molar-refractivity contribution in [3.8, 4) is 0 Å². The molecule has 2 heterocycles. The SMILES string of the molecule is C=CCOC(=O)Nc1ccc([C@@H]2O[C@H](CSc3ncn[nH]3)C[C@H](c3ccc(CO)cc3)O2)cc1. The Balaban J connectivity index is 1.47. The number of nitrogens with one attached hydrogen (secondary N) is 2. The Hall–Kier alpha value is -3.18. The number of hydrogen-bond acceptors (Lipinski definition) is 8. The van der Waals surface area contributed by atoms with Gasteiger partial charge in [0.1, 0.15) is 12.9 Å². The standard InChI is InChI=1S/C24H26N4O5S/c1-2-11-31-24(30)27-19-9-7-18(8-10-19)22-32-20(14-34-23-25-15-26-28-23)12-21(33-22)17-5-3-16(13-29)4-6-17/h2-10,15,20-22,29H,1,11-14H2,(H,27,30)(H,25,26,28)/t20-,21+,22+/m0/s1. The van der Waals surface area contributed by atoms with Gasteiger partial charge in [0.05, 0.1) is 18.8 Å². The molecule has 3 atom stereocenters. The van der Waals surface area contributed by atoms with E-state index in [9.17, 15) is 9.90 Å². The van der Waals surface area contributed by atoms with Gasteiger partial charge in [0.15, 0.2) is 11.4 Å². The molecule has 1 aliphatic heterocycles. The fourth-order valence-corrected chi connectivity index (χ4v) is 4.27. The summed E-state index contributed by atoms with van der Waals surface area (Å²) in [7, 11) is 0. The summed E-state index contributed by atoms with van der Waals surface area (Å²) in [5.41, 5.74) is 3.29. The maximum absolute atomic E-state index is 11.8. The predicted molar refractivity (Wildman–Crippen MR) is 127 cm³/mol. The zero-order chi connectivity index (χ0) is 23.8. The molecule has 1 aromatic heterocycles. The summed E-state index contributed by atoms with van der Waals surface area (Å²) in [5.74, 6) is 0.676. The molecule has 1 amide bonds. The minimum Gasteiger partial charge on any atom is -0.445 e.